The van der Waals surface area contributed by atoms with E-state index < -0.39 is 0 Å². The molecule has 1 saturated carbocycles. The van der Waals surface area contributed by atoms with E-state index in [1.54, 1.807) is 18.4 Å². The molecule has 4 nitrogen and oxygen atoms in total. The Morgan fingerprint density at radius 3 is 3.10 bits per heavy atom. The third kappa shape index (κ3) is 2.56. The number of imidazole rings is 1. The first-order valence-electron chi connectivity index (χ1n) is 7.55. The third-order valence-corrected chi connectivity index (χ3v) is 5.24. The molecule has 20 heavy (non-hydrogen) atoms. The van der Waals surface area contributed by atoms with Crippen molar-refractivity contribution in [2.24, 2.45) is 5.92 Å². The Kier molecular flexibility index (Phi) is 4.27. The van der Waals surface area contributed by atoms with Gasteiger partial charge >= 0.3 is 0 Å². The van der Waals surface area contributed by atoms with E-state index in [2.05, 4.69) is 33.2 Å². The normalized spacial score (nSPS) is 23.3. The predicted octanol–water partition coefficient (Wildman–Crippen LogP) is 3.46. The van der Waals surface area contributed by atoms with Crippen LogP contribution in [0.25, 0.3) is 4.96 Å². The van der Waals surface area contributed by atoms with Crippen LogP contribution in [0.5, 0.6) is 5.88 Å². The lowest BCUT2D eigenvalue weighted by Gasteiger charge is -2.31. The second-order valence-electron chi connectivity index (χ2n) is 5.56. The lowest BCUT2D eigenvalue weighted by molar-refractivity contribution is 0.252. The fourth-order valence-electron chi connectivity index (χ4n) is 3.33. The van der Waals surface area contributed by atoms with Crippen LogP contribution >= 0.6 is 11.3 Å². The summed E-state index contributed by atoms with van der Waals surface area (Å²) in [5.41, 5.74) is 1.14. The number of hydrogen-bond donors (Lipinski definition) is 1. The smallest absolute Gasteiger partial charge is 0.237 e. The van der Waals surface area contributed by atoms with Crippen LogP contribution in [-0.4, -0.2) is 22.5 Å². The first kappa shape index (κ1) is 13.9. The SMILES string of the molecule is CCC1CCCCC1NCc1c(OC)nc2sccn12. The van der Waals surface area contributed by atoms with E-state index in [9.17, 15) is 0 Å². The first-order valence-corrected chi connectivity index (χ1v) is 8.43. The number of ether oxygens (including phenoxy) is 1. The summed E-state index contributed by atoms with van der Waals surface area (Å²) in [6.07, 6.45) is 8.75. The number of nitrogens with zero attached hydrogens (tertiary/aromatic N) is 2. The molecule has 2 unspecified atom stereocenters. The van der Waals surface area contributed by atoms with Crippen LogP contribution in [0.3, 0.4) is 0 Å². The van der Waals surface area contributed by atoms with Crippen molar-refractivity contribution in [2.45, 2.75) is 51.6 Å². The molecule has 2 atom stereocenters. The molecule has 1 aliphatic carbocycles. The summed E-state index contributed by atoms with van der Waals surface area (Å²) in [7, 11) is 1.70. The molecule has 0 aromatic carbocycles. The summed E-state index contributed by atoms with van der Waals surface area (Å²) >= 11 is 1.65. The van der Waals surface area contributed by atoms with Crippen LogP contribution in [0.2, 0.25) is 0 Å². The van der Waals surface area contributed by atoms with Gasteiger partial charge in [0, 0.05) is 24.2 Å². The van der Waals surface area contributed by atoms with Crippen molar-refractivity contribution in [1.82, 2.24) is 14.7 Å². The molecule has 1 fully saturated rings. The van der Waals surface area contributed by atoms with Crippen LogP contribution in [0, 0.1) is 5.92 Å². The fourth-order valence-corrected chi connectivity index (χ4v) is 4.05. The average Bonchev–Trinajstić information content (AvgIpc) is 3.06. The number of aromatic nitrogens is 2. The van der Waals surface area contributed by atoms with Crippen molar-refractivity contribution in [1.29, 1.82) is 0 Å². The van der Waals surface area contributed by atoms with Crippen LogP contribution in [0.1, 0.15) is 44.7 Å². The van der Waals surface area contributed by atoms with E-state index in [4.69, 9.17) is 4.74 Å². The summed E-state index contributed by atoms with van der Waals surface area (Å²) in [6.45, 7) is 3.14. The van der Waals surface area contributed by atoms with E-state index in [1.807, 2.05) is 0 Å². The van der Waals surface area contributed by atoms with E-state index in [-0.39, 0.29) is 0 Å². The molecule has 2 heterocycles. The largest absolute Gasteiger partial charge is 0.480 e. The van der Waals surface area contributed by atoms with Gasteiger partial charge in [0.05, 0.1) is 7.11 Å². The summed E-state index contributed by atoms with van der Waals surface area (Å²) in [5, 5.41) is 5.82. The summed E-state index contributed by atoms with van der Waals surface area (Å²) in [6, 6.07) is 0.641. The molecule has 0 radical (unpaired) electrons. The van der Waals surface area contributed by atoms with Gasteiger partial charge in [0.15, 0.2) is 4.96 Å². The lowest BCUT2D eigenvalue weighted by atomic mass is 9.83. The lowest BCUT2D eigenvalue weighted by Crippen LogP contribution is -2.38. The van der Waals surface area contributed by atoms with Crippen LogP contribution in [0.15, 0.2) is 11.6 Å². The molecule has 2 aromatic heterocycles. The molecule has 2 aromatic rings. The first-order chi connectivity index (χ1) is 9.83. The van der Waals surface area contributed by atoms with Gasteiger partial charge in [-0.1, -0.05) is 26.2 Å². The second kappa shape index (κ2) is 6.14. The zero-order valence-electron chi connectivity index (χ0n) is 12.3. The van der Waals surface area contributed by atoms with Crippen molar-refractivity contribution < 1.29 is 4.74 Å². The quantitative estimate of drug-likeness (QED) is 0.917. The topological polar surface area (TPSA) is 38.6 Å². The van der Waals surface area contributed by atoms with Gasteiger partial charge in [-0.2, -0.15) is 4.98 Å². The number of methoxy groups -OCH3 is 1. The number of nitrogens with one attached hydrogen (secondary N) is 1. The molecule has 5 heteroatoms. The van der Waals surface area contributed by atoms with E-state index >= 15 is 0 Å². The third-order valence-electron chi connectivity index (χ3n) is 4.48. The molecule has 0 bridgehead atoms. The van der Waals surface area contributed by atoms with Crippen LogP contribution < -0.4 is 10.1 Å². The number of rotatable bonds is 5. The maximum Gasteiger partial charge on any atom is 0.237 e. The monoisotopic (exact) mass is 293 g/mol. The molecule has 0 amide bonds. The maximum absolute atomic E-state index is 5.42. The van der Waals surface area contributed by atoms with Crippen LogP contribution in [0.4, 0.5) is 0 Å². The van der Waals surface area contributed by atoms with Gasteiger partial charge in [0.25, 0.3) is 0 Å². The maximum atomic E-state index is 5.42. The molecule has 0 saturated heterocycles. The highest BCUT2D eigenvalue weighted by Crippen LogP contribution is 2.28. The zero-order valence-corrected chi connectivity index (χ0v) is 13.1. The molecular weight excluding hydrogens is 270 g/mol. The standard InChI is InChI=1S/C15H23N3OS/c1-3-11-6-4-5-7-12(11)16-10-13-14(19-2)17-15-18(13)8-9-20-15/h8-9,11-12,16H,3-7,10H2,1-2H3. The second-order valence-corrected chi connectivity index (χ2v) is 6.44. The Bertz CT molecular complexity index is 562. The van der Waals surface area contributed by atoms with Gasteiger partial charge in [-0.3, -0.25) is 4.40 Å². The van der Waals surface area contributed by atoms with E-state index in [1.165, 1.54) is 32.1 Å². The minimum atomic E-state index is 0.641. The Morgan fingerprint density at radius 2 is 2.30 bits per heavy atom. The summed E-state index contributed by atoms with van der Waals surface area (Å²) < 4.78 is 7.56. The zero-order chi connectivity index (χ0) is 13.9. The van der Waals surface area contributed by atoms with Gasteiger partial charge < -0.3 is 10.1 Å². The van der Waals surface area contributed by atoms with Gasteiger partial charge in [-0.25, -0.2) is 0 Å². The molecule has 110 valence electrons. The van der Waals surface area contributed by atoms with Crippen molar-refractivity contribution in [3.8, 4) is 5.88 Å². The van der Waals surface area contributed by atoms with Gasteiger partial charge in [0.1, 0.15) is 5.69 Å². The minimum Gasteiger partial charge on any atom is -0.480 e. The highest BCUT2D eigenvalue weighted by molar-refractivity contribution is 7.15. The fraction of sp³-hybridized carbons (Fsp3) is 0.667. The van der Waals surface area contributed by atoms with Gasteiger partial charge in [-0.05, 0) is 18.8 Å². The van der Waals surface area contributed by atoms with Gasteiger partial charge in [-0.15, -0.1) is 11.3 Å². The van der Waals surface area contributed by atoms with E-state index in [0.717, 1.165) is 29.0 Å². The summed E-state index contributed by atoms with van der Waals surface area (Å²) in [4.78, 5) is 5.52. The van der Waals surface area contributed by atoms with Crippen molar-refractivity contribution in [3.63, 3.8) is 0 Å². The van der Waals surface area contributed by atoms with Crippen molar-refractivity contribution in [3.05, 3.63) is 17.3 Å². The van der Waals surface area contributed by atoms with Crippen molar-refractivity contribution >= 4 is 16.3 Å². The minimum absolute atomic E-state index is 0.641. The Balaban J connectivity index is 1.73. The predicted molar refractivity (Wildman–Crippen MR) is 82.5 cm³/mol. The Morgan fingerprint density at radius 1 is 1.45 bits per heavy atom. The number of fused-ring (bicyclic) bond motifs is 1. The summed E-state index contributed by atoms with van der Waals surface area (Å²) in [5.74, 6) is 1.58. The van der Waals surface area contributed by atoms with Gasteiger partial charge in [0.2, 0.25) is 5.88 Å². The van der Waals surface area contributed by atoms with E-state index in [0.29, 0.717) is 6.04 Å². The molecule has 0 spiro atoms. The highest BCUT2D eigenvalue weighted by Gasteiger charge is 2.24. The molecular formula is C15H23N3OS. The average molecular weight is 293 g/mol. The molecule has 1 aliphatic rings. The Labute approximate surface area is 124 Å². The highest BCUT2D eigenvalue weighted by atomic mass is 32.1. The van der Waals surface area contributed by atoms with Crippen molar-refractivity contribution in [2.75, 3.05) is 7.11 Å². The molecule has 0 aliphatic heterocycles. The Hall–Kier alpha value is -1.07. The number of hydrogen-bond acceptors (Lipinski definition) is 4. The number of thiazole rings is 1. The molecule has 1 N–H and O–H groups in total. The van der Waals surface area contributed by atoms with Crippen LogP contribution in [-0.2, 0) is 6.54 Å². The molecule has 3 rings (SSSR count).